The molecule has 2 N–H and O–H groups in total. The maximum atomic E-state index is 12.2. The van der Waals surface area contributed by atoms with Crippen molar-refractivity contribution in [2.24, 2.45) is 0 Å². The van der Waals surface area contributed by atoms with Gasteiger partial charge in [-0.2, -0.15) is 0 Å². The lowest BCUT2D eigenvalue weighted by molar-refractivity contribution is 0.411. The average molecular weight is 402 g/mol. The number of benzene rings is 2. The molecule has 0 aliphatic carbocycles. The second kappa shape index (κ2) is 7.37. The van der Waals surface area contributed by atoms with E-state index in [1.807, 2.05) is 43.3 Å². The van der Waals surface area contributed by atoms with Crippen molar-refractivity contribution in [1.29, 1.82) is 0 Å². The highest BCUT2D eigenvalue weighted by molar-refractivity contribution is 9.10. The number of aromatic amines is 1. The fraction of sp³-hybridized carbons (Fsp3) is 0.263. The highest BCUT2D eigenvalue weighted by Gasteiger charge is 2.15. The zero-order valence-corrected chi connectivity index (χ0v) is 15.9. The predicted octanol–water partition coefficient (Wildman–Crippen LogP) is 4.11. The summed E-state index contributed by atoms with van der Waals surface area (Å²) >= 11 is 3.51. The molecule has 0 saturated heterocycles. The van der Waals surface area contributed by atoms with Gasteiger partial charge in [0.2, 0.25) is 0 Å². The SMILES string of the molecule is COc1ccc([C@H](C)N[C@H](C)c2nc3ccccc3c(=O)[nH]2)cc1Br. The molecular weight excluding hydrogens is 382 g/mol. The Kier molecular flexibility index (Phi) is 5.20. The third-order valence-corrected chi connectivity index (χ3v) is 4.84. The molecule has 6 heteroatoms. The molecule has 0 aliphatic rings. The number of rotatable bonds is 5. The van der Waals surface area contributed by atoms with Gasteiger partial charge in [-0.3, -0.25) is 4.79 Å². The van der Waals surface area contributed by atoms with Gasteiger partial charge in [0.05, 0.1) is 28.5 Å². The Labute approximate surface area is 154 Å². The van der Waals surface area contributed by atoms with E-state index in [9.17, 15) is 4.79 Å². The van der Waals surface area contributed by atoms with Crippen LogP contribution in [0.1, 0.15) is 37.3 Å². The van der Waals surface area contributed by atoms with Crippen molar-refractivity contribution in [3.05, 3.63) is 68.7 Å². The number of para-hydroxylation sites is 1. The van der Waals surface area contributed by atoms with E-state index in [1.54, 1.807) is 13.2 Å². The lowest BCUT2D eigenvalue weighted by atomic mass is 10.1. The molecule has 25 heavy (non-hydrogen) atoms. The smallest absolute Gasteiger partial charge is 0.258 e. The summed E-state index contributed by atoms with van der Waals surface area (Å²) < 4.78 is 6.18. The number of hydrogen-bond donors (Lipinski definition) is 2. The number of nitrogens with one attached hydrogen (secondary N) is 2. The number of hydrogen-bond acceptors (Lipinski definition) is 4. The standard InChI is InChI=1S/C19H20BrN3O2/c1-11(13-8-9-17(25-3)15(20)10-13)21-12(2)18-22-16-7-5-4-6-14(16)19(24)23-18/h4-12,21H,1-3H3,(H,22,23,24)/t11-,12+/m0/s1. The number of aromatic nitrogens is 2. The molecule has 5 nitrogen and oxygen atoms in total. The first-order valence-electron chi connectivity index (χ1n) is 8.08. The number of ether oxygens (including phenoxy) is 1. The van der Waals surface area contributed by atoms with Crippen LogP contribution in [-0.4, -0.2) is 17.1 Å². The Morgan fingerprint density at radius 1 is 1.16 bits per heavy atom. The van der Waals surface area contributed by atoms with Crippen molar-refractivity contribution in [1.82, 2.24) is 15.3 Å². The van der Waals surface area contributed by atoms with Gasteiger partial charge < -0.3 is 15.0 Å². The first-order chi connectivity index (χ1) is 12.0. The maximum absolute atomic E-state index is 12.2. The lowest BCUT2D eigenvalue weighted by Crippen LogP contribution is -2.26. The van der Waals surface area contributed by atoms with E-state index >= 15 is 0 Å². The van der Waals surface area contributed by atoms with Crippen molar-refractivity contribution >= 4 is 26.8 Å². The van der Waals surface area contributed by atoms with E-state index in [-0.39, 0.29) is 17.6 Å². The first kappa shape index (κ1) is 17.6. The Balaban J connectivity index is 1.83. The van der Waals surface area contributed by atoms with Crippen molar-refractivity contribution in [2.75, 3.05) is 7.11 Å². The summed E-state index contributed by atoms with van der Waals surface area (Å²) in [5, 5.41) is 4.08. The summed E-state index contributed by atoms with van der Waals surface area (Å²) in [6.45, 7) is 4.06. The summed E-state index contributed by atoms with van der Waals surface area (Å²) in [4.78, 5) is 19.7. The number of methoxy groups -OCH3 is 1. The van der Waals surface area contributed by atoms with Crippen LogP contribution in [0.15, 0.2) is 51.7 Å². The fourth-order valence-corrected chi connectivity index (χ4v) is 3.37. The molecule has 0 amide bonds. The molecular formula is C19H20BrN3O2. The minimum Gasteiger partial charge on any atom is -0.496 e. The molecule has 2 atom stereocenters. The number of fused-ring (bicyclic) bond motifs is 1. The molecule has 0 spiro atoms. The fourth-order valence-electron chi connectivity index (χ4n) is 2.81. The van der Waals surface area contributed by atoms with E-state index < -0.39 is 0 Å². The molecule has 0 saturated carbocycles. The van der Waals surface area contributed by atoms with Gasteiger partial charge in [-0.15, -0.1) is 0 Å². The van der Waals surface area contributed by atoms with Crippen molar-refractivity contribution in [3.8, 4) is 5.75 Å². The highest BCUT2D eigenvalue weighted by atomic mass is 79.9. The van der Waals surface area contributed by atoms with Gasteiger partial charge in [0, 0.05) is 6.04 Å². The molecule has 0 aliphatic heterocycles. The van der Waals surface area contributed by atoms with Crippen LogP contribution in [0, 0.1) is 0 Å². The summed E-state index contributed by atoms with van der Waals surface area (Å²) in [5.74, 6) is 1.42. The van der Waals surface area contributed by atoms with E-state index in [2.05, 4.69) is 38.1 Å². The summed E-state index contributed by atoms with van der Waals surface area (Å²) in [6, 6.07) is 13.3. The van der Waals surface area contributed by atoms with Gasteiger partial charge in [-0.25, -0.2) is 4.98 Å². The van der Waals surface area contributed by atoms with Crippen LogP contribution >= 0.6 is 15.9 Å². The molecule has 0 fully saturated rings. The second-order valence-corrected chi connectivity index (χ2v) is 6.83. The summed E-state index contributed by atoms with van der Waals surface area (Å²) in [5.41, 5.74) is 1.70. The van der Waals surface area contributed by atoms with E-state index in [1.165, 1.54) is 0 Å². The zero-order valence-electron chi connectivity index (χ0n) is 14.3. The Hall–Kier alpha value is -2.18. The molecule has 0 unspecified atom stereocenters. The normalized spacial score (nSPS) is 13.6. The van der Waals surface area contributed by atoms with Crippen molar-refractivity contribution < 1.29 is 4.74 Å². The monoisotopic (exact) mass is 401 g/mol. The predicted molar refractivity (Wildman–Crippen MR) is 103 cm³/mol. The molecule has 2 aromatic carbocycles. The third kappa shape index (κ3) is 3.75. The van der Waals surface area contributed by atoms with Crippen LogP contribution in [0.5, 0.6) is 5.75 Å². The zero-order chi connectivity index (χ0) is 18.0. The van der Waals surface area contributed by atoms with Gasteiger partial charge >= 0.3 is 0 Å². The lowest BCUT2D eigenvalue weighted by Gasteiger charge is -2.20. The third-order valence-electron chi connectivity index (χ3n) is 4.22. The van der Waals surface area contributed by atoms with E-state index in [0.717, 1.165) is 15.8 Å². The van der Waals surface area contributed by atoms with Crippen LogP contribution in [0.4, 0.5) is 0 Å². The van der Waals surface area contributed by atoms with E-state index in [4.69, 9.17) is 4.74 Å². The van der Waals surface area contributed by atoms with Crippen LogP contribution in [-0.2, 0) is 0 Å². The van der Waals surface area contributed by atoms with Gasteiger partial charge in [0.15, 0.2) is 0 Å². The minimum atomic E-state index is -0.117. The number of halogens is 1. The van der Waals surface area contributed by atoms with Crippen LogP contribution in [0.25, 0.3) is 10.9 Å². The maximum Gasteiger partial charge on any atom is 0.258 e. The van der Waals surface area contributed by atoms with Gasteiger partial charge in [-0.1, -0.05) is 18.2 Å². The van der Waals surface area contributed by atoms with Crippen LogP contribution in [0.2, 0.25) is 0 Å². The summed E-state index contributed by atoms with van der Waals surface area (Å²) in [7, 11) is 1.64. The van der Waals surface area contributed by atoms with Gasteiger partial charge in [0.25, 0.3) is 5.56 Å². The number of nitrogens with zero attached hydrogens (tertiary/aromatic N) is 1. The molecule has 3 aromatic rings. The number of H-pyrrole nitrogens is 1. The first-order valence-corrected chi connectivity index (χ1v) is 8.87. The van der Waals surface area contributed by atoms with Crippen molar-refractivity contribution in [2.45, 2.75) is 25.9 Å². The van der Waals surface area contributed by atoms with Gasteiger partial charge in [0.1, 0.15) is 11.6 Å². The Morgan fingerprint density at radius 2 is 1.92 bits per heavy atom. The second-order valence-electron chi connectivity index (χ2n) is 5.97. The van der Waals surface area contributed by atoms with Gasteiger partial charge in [-0.05, 0) is 59.6 Å². The molecule has 0 bridgehead atoms. The molecule has 3 rings (SSSR count). The van der Waals surface area contributed by atoms with E-state index in [0.29, 0.717) is 16.7 Å². The quantitative estimate of drug-likeness (QED) is 0.674. The molecule has 1 aromatic heterocycles. The summed E-state index contributed by atoms with van der Waals surface area (Å²) in [6.07, 6.45) is 0. The minimum absolute atomic E-state index is 0.0778. The largest absolute Gasteiger partial charge is 0.496 e. The molecule has 1 heterocycles. The Morgan fingerprint density at radius 3 is 2.64 bits per heavy atom. The molecule has 0 radical (unpaired) electrons. The average Bonchev–Trinajstić information content (AvgIpc) is 2.61. The Bertz CT molecular complexity index is 955. The highest BCUT2D eigenvalue weighted by Crippen LogP contribution is 2.28. The van der Waals surface area contributed by atoms with Crippen LogP contribution in [0.3, 0.4) is 0 Å². The van der Waals surface area contributed by atoms with Crippen LogP contribution < -0.4 is 15.6 Å². The van der Waals surface area contributed by atoms with Crippen molar-refractivity contribution in [3.63, 3.8) is 0 Å². The topological polar surface area (TPSA) is 67.0 Å². The molecule has 130 valence electrons.